The van der Waals surface area contributed by atoms with Crippen LogP contribution in [-0.4, -0.2) is 61.5 Å². The number of nitrogens with zero attached hydrogens (tertiary/aromatic N) is 3. The molecule has 1 atom stereocenters. The monoisotopic (exact) mass is 315 g/mol. The van der Waals surface area contributed by atoms with Gasteiger partial charge in [-0.3, -0.25) is 9.69 Å². The van der Waals surface area contributed by atoms with Crippen LogP contribution in [0, 0.1) is 0 Å². The maximum Gasteiger partial charge on any atom is 0.253 e. The minimum absolute atomic E-state index is 0.191. The fourth-order valence-corrected chi connectivity index (χ4v) is 3.50. The molecule has 0 aliphatic carbocycles. The van der Waals surface area contributed by atoms with Crippen LogP contribution in [0.3, 0.4) is 0 Å². The highest BCUT2D eigenvalue weighted by molar-refractivity contribution is 5.94. The number of amides is 1. The van der Waals surface area contributed by atoms with Crippen LogP contribution >= 0.6 is 0 Å². The van der Waals surface area contributed by atoms with Gasteiger partial charge in [-0.05, 0) is 56.6 Å². The van der Waals surface area contributed by atoms with Gasteiger partial charge < -0.3 is 9.80 Å². The molecule has 1 unspecified atom stereocenters. The van der Waals surface area contributed by atoms with E-state index in [1.807, 2.05) is 17.0 Å². The topological polar surface area (TPSA) is 26.8 Å². The second kappa shape index (κ2) is 7.35. The summed E-state index contributed by atoms with van der Waals surface area (Å²) < 4.78 is 0. The van der Waals surface area contributed by atoms with Crippen molar-refractivity contribution in [1.82, 2.24) is 9.80 Å². The Kier molecular flexibility index (Phi) is 5.21. The molecule has 0 N–H and O–H groups in total. The molecule has 4 nitrogen and oxygen atoms in total. The van der Waals surface area contributed by atoms with E-state index in [9.17, 15) is 4.79 Å². The van der Waals surface area contributed by atoms with Gasteiger partial charge >= 0.3 is 0 Å². The number of anilines is 1. The molecule has 2 heterocycles. The lowest BCUT2D eigenvalue weighted by Gasteiger charge is -2.36. The molecule has 0 saturated carbocycles. The Morgan fingerprint density at radius 2 is 1.96 bits per heavy atom. The summed E-state index contributed by atoms with van der Waals surface area (Å²) in [5, 5.41) is 0. The van der Waals surface area contributed by atoms with Gasteiger partial charge in [0, 0.05) is 44.0 Å². The zero-order valence-electron chi connectivity index (χ0n) is 14.5. The highest BCUT2D eigenvalue weighted by Crippen LogP contribution is 2.23. The summed E-state index contributed by atoms with van der Waals surface area (Å²) in [6, 6.07) is 8.71. The van der Waals surface area contributed by atoms with Gasteiger partial charge in [-0.25, -0.2) is 0 Å². The first-order valence-corrected chi connectivity index (χ1v) is 9.03. The van der Waals surface area contributed by atoms with Gasteiger partial charge in [0.15, 0.2) is 0 Å². The Hall–Kier alpha value is -1.55. The van der Waals surface area contributed by atoms with Crippen LogP contribution in [0.5, 0.6) is 0 Å². The van der Waals surface area contributed by atoms with Crippen LogP contribution in [0.25, 0.3) is 0 Å². The third-order valence-corrected chi connectivity index (χ3v) is 5.26. The molecular formula is C19H29N3O. The summed E-state index contributed by atoms with van der Waals surface area (Å²) in [6.07, 6.45) is 4.85. The predicted octanol–water partition coefficient (Wildman–Crippen LogP) is 2.84. The SMILES string of the molecule is CCCCN(C)c1ccc(C(=O)N2CCC(N3CCC3)C2)cc1. The Labute approximate surface area is 140 Å². The minimum Gasteiger partial charge on any atom is -0.375 e. The molecule has 0 aromatic heterocycles. The van der Waals surface area contributed by atoms with Gasteiger partial charge in [0.05, 0.1) is 0 Å². The number of carbonyl (C=O) groups excluding carboxylic acids is 1. The van der Waals surface area contributed by atoms with Gasteiger partial charge in [0.1, 0.15) is 0 Å². The van der Waals surface area contributed by atoms with Crippen molar-refractivity contribution >= 4 is 11.6 Å². The zero-order chi connectivity index (χ0) is 16.2. The minimum atomic E-state index is 0.191. The number of hydrogen-bond acceptors (Lipinski definition) is 3. The third kappa shape index (κ3) is 3.69. The van der Waals surface area contributed by atoms with Crippen molar-refractivity contribution in [2.45, 2.75) is 38.6 Å². The second-order valence-electron chi connectivity index (χ2n) is 6.91. The van der Waals surface area contributed by atoms with Crippen LogP contribution < -0.4 is 4.90 Å². The highest BCUT2D eigenvalue weighted by Gasteiger charge is 2.32. The second-order valence-corrected chi connectivity index (χ2v) is 6.91. The first kappa shape index (κ1) is 16.3. The largest absolute Gasteiger partial charge is 0.375 e. The van der Waals surface area contributed by atoms with E-state index in [0.29, 0.717) is 6.04 Å². The Balaban J connectivity index is 1.57. The molecule has 2 saturated heterocycles. The lowest BCUT2D eigenvalue weighted by Crippen LogP contribution is -2.46. The molecule has 0 bridgehead atoms. The van der Waals surface area contributed by atoms with E-state index in [2.05, 4.69) is 35.9 Å². The third-order valence-electron chi connectivity index (χ3n) is 5.26. The number of unbranched alkanes of at least 4 members (excludes halogenated alkanes) is 1. The maximum atomic E-state index is 12.7. The number of carbonyl (C=O) groups is 1. The lowest BCUT2D eigenvalue weighted by atomic mass is 10.1. The molecule has 0 radical (unpaired) electrons. The normalized spacial score (nSPS) is 21.3. The first-order chi connectivity index (χ1) is 11.2. The van der Waals surface area contributed by atoms with Crippen molar-refractivity contribution in [3.05, 3.63) is 29.8 Å². The van der Waals surface area contributed by atoms with E-state index in [0.717, 1.165) is 31.6 Å². The summed E-state index contributed by atoms with van der Waals surface area (Å²) in [6.45, 7) is 7.50. The number of hydrogen-bond donors (Lipinski definition) is 0. The summed E-state index contributed by atoms with van der Waals surface area (Å²) in [5.74, 6) is 0.191. The van der Waals surface area contributed by atoms with Crippen LogP contribution in [0.15, 0.2) is 24.3 Å². The quantitative estimate of drug-likeness (QED) is 0.807. The van der Waals surface area contributed by atoms with E-state index >= 15 is 0 Å². The molecule has 2 aliphatic heterocycles. The highest BCUT2D eigenvalue weighted by atomic mass is 16.2. The van der Waals surface area contributed by atoms with E-state index < -0.39 is 0 Å². The lowest BCUT2D eigenvalue weighted by molar-refractivity contribution is 0.0752. The molecule has 1 amide bonds. The Morgan fingerprint density at radius 3 is 2.57 bits per heavy atom. The number of benzene rings is 1. The van der Waals surface area contributed by atoms with Gasteiger partial charge in [0.2, 0.25) is 0 Å². The molecule has 1 aromatic rings. The molecule has 2 fully saturated rings. The molecule has 2 aliphatic rings. The fraction of sp³-hybridized carbons (Fsp3) is 0.632. The van der Waals surface area contributed by atoms with Crippen LogP contribution in [0.2, 0.25) is 0 Å². The van der Waals surface area contributed by atoms with E-state index in [-0.39, 0.29) is 5.91 Å². The van der Waals surface area contributed by atoms with Gasteiger partial charge in [-0.2, -0.15) is 0 Å². The van der Waals surface area contributed by atoms with E-state index in [1.165, 1.54) is 38.0 Å². The van der Waals surface area contributed by atoms with Gasteiger partial charge in [0.25, 0.3) is 5.91 Å². The fourth-order valence-electron chi connectivity index (χ4n) is 3.50. The van der Waals surface area contributed by atoms with Crippen molar-refractivity contribution in [3.8, 4) is 0 Å². The smallest absolute Gasteiger partial charge is 0.253 e. The average Bonchev–Trinajstić information content (AvgIpc) is 2.99. The maximum absolute atomic E-state index is 12.7. The average molecular weight is 315 g/mol. The summed E-state index contributed by atoms with van der Waals surface area (Å²) in [4.78, 5) is 19.5. The summed E-state index contributed by atoms with van der Waals surface area (Å²) in [5.41, 5.74) is 2.01. The van der Waals surface area contributed by atoms with Crippen molar-refractivity contribution in [1.29, 1.82) is 0 Å². The molecule has 4 heteroatoms. The molecule has 0 spiro atoms. The van der Waals surface area contributed by atoms with Crippen LogP contribution in [0.1, 0.15) is 43.0 Å². The van der Waals surface area contributed by atoms with Crippen molar-refractivity contribution in [3.63, 3.8) is 0 Å². The van der Waals surface area contributed by atoms with Crippen molar-refractivity contribution in [2.75, 3.05) is 44.7 Å². The van der Waals surface area contributed by atoms with Crippen LogP contribution in [0.4, 0.5) is 5.69 Å². The first-order valence-electron chi connectivity index (χ1n) is 9.03. The molecule has 126 valence electrons. The summed E-state index contributed by atoms with van der Waals surface area (Å²) in [7, 11) is 2.12. The van der Waals surface area contributed by atoms with Gasteiger partial charge in [-0.15, -0.1) is 0 Å². The van der Waals surface area contributed by atoms with E-state index in [1.54, 1.807) is 0 Å². The zero-order valence-corrected chi connectivity index (χ0v) is 14.5. The molecule has 3 rings (SSSR count). The predicted molar refractivity (Wildman–Crippen MR) is 95.1 cm³/mol. The Morgan fingerprint density at radius 1 is 1.22 bits per heavy atom. The number of likely N-dealkylation sites (tertiary alicyclic amines) is 2. The number of rotatable bonds is 6. The van der Waals surface area contributed by atoms with E-state index in [4.69, 9.17) is 0 Å². The molecule has 23 heavy (non-hydrogen) atoms. The van der Waals surface area contributed by atoms with Crippen molar-refractivity contribution < 1.29 is 4.79 Å². The van der Waals surface area contributed by atoms with Gasteiger partial charge in [-0.1, -0.05) is 13.3 Å². The summed E-state index contributed by atoms with van der Waals surface area (Å²) >= 11 is 0. The van der Waals surface area contributed by atoms with Crippen LogP contribution in [-0.2, 0) is 0 Å². The molecule has 1 aromatic carbocycles. The Bertz CT molecular complexity index is 524. The standard InChI is InChI=1S/C19H29N3O/c1-3-4-11-20(2)17-8-6-16(7-9-17)19(23)22-14-10-18(15-22)21-12-5-13-21/h6-9,18H,3-5,10-15H2,1-2H3. The molecular weight excluding hydrogens is 286 g/mol. The van der Waals surface area contributed by atoms with Crippen molar-refractivity contribution in [2.24, 2.45) is 0 Å².